The summed E-state index contributed by atoms with van der Waals surface area (Å²) in [5.74, 6) is -16.4. The second-order valence-electron chi connectivity index (χ2n) is 27.9. The summed E-state index contributed by atoms with van der Waals surface area (Å²) in [5.41, 5.74) is 17.2. The number of aliphatic hydroxyl groups is 2. The summed E-state index contributed by atoms with van der Waals surface area (Å²) in [6.45, 7) is 12.1. The molecule has 0 aromatic heterocycles. The van der Waals surface area contributed by atoms with Crippen LogP contribution in [0.25, 0.3) is 0 Å². The maximum atomic E-state index is 15.0. The fraction of sp³-hybridized carbons (Fsp3) is 0.746. The molecule has 0 radical (unpaired) electrons. The number of aliphatic carboxylic acids is 1. The van der Waals surface area contributed by atoms with Gasteiger partial charge in [0.15, 0.2) is 5.96 Å². The quantitative estimate of drug-likeness (QED) is 0.0105. The van der Waals surface area contributed by atoms with E-state index in [4.69, 9.17) is 17.2 Å². The number of carboxylic acids is 1. The number of imide groups is 1. The minimum absolute atomic E-state index is 0.000401. The third-order valence-electron chi connectivity index (χ3n) is 19.2. The minimum atomic E-state index is -1.94. The molecule has 4 heterocycles. The number of aliphatic imine (C=N–C) groups is 1. The van der Waals surface area contributed by atoms with E-state index >= 15 is 4.79 Å². The molecule has 0 aromatic rings. The Hall–Kier alpha value is -8.47. The zero-order valence-corrected chi connectivity index (χ0v) is 63.8. The van der Waals surface area contributed by atoms with Gasteiger partial charge < -0.3 is 111 Å². The second-order valence-corrected chi connectivity index (χ2v) is 30.4. The van der Waals surface area contributed by atoms with Gasteiger partial charge in [0, 0.05) is 37.7 Å². The molecule has 4 saturated heterocycles. The average molecular weight is 1550 g/mol. The van der Waals surface area contributed by atoms with Crippen molar-refractivity contribution in [3.63, 3.8) is 0 Å². The van der Waals surface area contributed by atoms with Crippen molar-refractivity contribution in [1.82, 2.24) is 78.9 Å². The van der Waals surface area contributed by atoms with Crippen molar-refractivity contribution >= 4 is 123 Å². The molecule has 4 rings (SSSR count). The first-order valence-corrected chi connectivity index (χ1v) is 39.1. The van der Waals surface area contributed by atoms with Crippen molar-refractivity contribution in [3.8, 4) is 0 Å². The SMILES string of the molecule is CC[C@H](C)[C@@H]1NC(=O)NC(=O)[C@@H](N)CCCNC(=O)[C@H](CC(=O)O)NC(=O)[C@@H]2CCCN2C(=O)[C@H]([C@@H](C)CC)NC(=O)[C@@H](NC(=O)[C@@H](NC(=O)[C@@H]2CCCN2)[C@@H](C)CC)CSSC[C@@H](C(=O)N[C@@H](CO)C(=O)N[C@@H](CCCN=C(N)N)C(=O)N[C@@H](CO)C(=O)N[C@@H](CC(C)C)C(=O)N2CCC[C@H]2C=O)NC1=O. The van der Waals surface area contributed by atoms with Gasteiger partial charge in [-0.05, 0) is 101 Å². The second kappa shape index (κ2) is 46.0. The predicted octanol–water partition coefficient (Wildman–Crippen LogP) is -5.21. The van der Waals surface area contributed by atoms with Crippen molar-refractivity contribution in [1.29, 1.82) is 0 Å². The Morgan fingerprint density at radius 2 is 1.24 bits per heavy atom. The van der Waals surface area contributed by atoms with E-state index in [1.54, 1.807) is 55.4 Å². The van der Waals surface area contributed by atoms with Crippen LogP contribution in [0, 0.1) is 23.7 Å². The lowest BCUT2D eigenvalue weighted by atomic mass is 9.96. The minimum Gasteiger partial charge on any atom is -0.481 e. The fourth-order valence-corrected chi connectivity index (χ4v) is 14.6. The number of likely N-dealkylation sites (tertiary alicyclic amines) is 1. The number of rotatable bonds is 30. The summed E-state index contributed by atoms with van der Waals surface area (Å²) < 4.78 is 0. The van der Waals surface area contributed by atoms with Gasteiger partial charge in [0.25, 0.3) is 0 Å². The molecule has 4 aliphatic heterocycles. The third-order valence-corrected chi connectivity index (χ3v) is 21.7. The summed E-state index contributed by atoms with van der Waals surface area (Å²) in [7, 11) is 1.70. The number of aliphatic hydroxyl groups excluding tert-OH is 2. The van der Waals surface area contributed by atoms with Gasteiger partial charge in [-0.25, -0.2) is 4.79 Å². The number of hydrogen-bond donors (Lipinski definition) is 19. The van der Waals surface area contributed by atoms with E-state index in [1.165, 1.54) is 9.80 Å². The molecule has 0 aromatic carbocycles. The van der Waals surface area contributed by atoms with E-state index in [2.05, 4.69) is 74.1 Å². The summed E-state index contributed by atoms with van der Waals surface area (Å²) in [5, 5.41) is 64.4. The number of amides is 15. The molecule has 0 spiro atoms. The molecular formula is C67H113N19O19S2. The van der Waals surface area contributed by atoms with Gasteiger partial charge in [-0.15, -0.1) is 0 Å². The number of nitrogens with zero attached hydrogens (tertiary/aromatic N) is 3. The van der Waals surface area contributed by atoms with Gasteiger partial charge in [0.2, 0.25) is 76.8 Å². The van der Waals surface area contributed by atoms with Crippen LogP contribution in [0.2, 0.25) is 0 Å². The number of hydrogen-bond acceptors (Lipinski definition) is 23. The van der Waals surface area contributed by atoms with Gasteiger partial charge in [0.1, 0.15) is 72.7 Å². The maximum Gasteiger partial charge on any atom is 0.322 e. The van der Waals surface area contributed by atoms with Gasteiger partial charge in [0.05, 0.1) is 37.8 Å². The number of carboxylic acid groups (broad SMARTS) is 1. The molecule has 4 fully saturated rings. The molecule has 0 bridgehead atoms. The van der Waals surface area contributed by atoms with Crippen LogP contribution in [-0.2, 0) is 71.9 Å². The molecule has 0 unspecified atom stereocenters. The number of aldehydes is 1. The van der Waals surface area contributed by atoms with Crippen LogP contribution < -0.4 is 86.3 Å². The number of carbonyl (C=O) groups excluding carboxylic acids is 15. The Kier molecular flexibility index (Phi) is 39.1. The van der Waals surface area contributed by atoms with Gasteiger partial charge >= 0.3 is 12.0 Å². The molecule has 107 heavy (non-hydrogen) atoms. The van der Waals surface area contributed by atoms with E-state index in [-0.39, 0.29) is 102 Å². The number of carbonyl (C=O) groups is 16. The lowest BCUT2D eigenvalue weighted by Crippen LogP contribution is -2.62. The van der Waals surface area contributed by atoms with Crippen LogP contribution in [0.4, 0.5) is 4.79 Å². The van der Waals surface area contributed by atoms with Crippen molar-refractivity contribution < 1.29 is 92.0 Å². The van der Waals surface area contributed by atoms with E-state index < -0.39 is 217 Å². The Balaban J connectivity index is 1.78. The molecule has 0 saturated carbocycles. The van der Waals surface area contributed by atoms with E-state index in [0.717, 1.165) is 21.6 Å². The molecule has 38 nitrogen and oxygen atoms in total. The monoisotopic (exact) mass is 1550 g/mol. The van der Waals surface area contributed by atoms with E-state index in [0.29, 0.717) is 44.9 Å². The van der Waals surface area contributed by atoms with Gasteiger partial charge in [-0.3, -0.25) is 77.4 Å². The maximum absolute atomic E-state index is 15.0. The lowest BCUT2D eigenvalue weighted by molar-refractivity contribution is -0.144. The highest BCUT2D eigenvalue weighted by Crippen LogP contribution is 2.27. The molecule has 17 atom stereocenters. The van der Waals surface area contributed by atoms with Gasteiger partial charge in [-0.2, -0.15) is 0 Å². The number of nitrogens with two attached hydrogens (primary N) is 3. The van der Waals surface area contributed by atoms with E-state index in [1.807, 2.05) is 0 Å². The fourth-order valence-electron chi connectivity index (χ4n) is 12.3. The first-order chi connectivity index (χ1) is 50.7. The van der Waals surface area contributed by atoms with Crippen LogP contribution in [0.3, 0.4) is 0 Å². The summed E-state index contributed by atoms with van der Waals surface area (Å²) >= 11 is 0. The number of guanidine groups is 1. The smallest absolute Gasteiger partial charge is 0.322 e. The van der Waals surface area contributed by atoms with Crippen molar-refractivity contribution in [2.75, 3.05) is 57.4 Å². The summed E-state index contributed by atoms with van der Waals surface area (Å²) in [6, 6.07) is -20.8. The first kappa shape index (κ1) is 90.9. The van der Waals surface area contributed by atoms with E-state index in [9.17, 15) is 87.2 Å². The van der Waals surface area contributed by atoms with Gasteiger partial charge in [-0.1, -0.05) is 96.2 Å². The zero-order chi connectivity index (χ0) is 79.8. The normalized spacial score (nSPS) is 25.0. The molecule has 4 aliphatic rings. The van der Waals surface area contributed by atoms with Crippen molar-refractivity contribution in [2.24, 2.45) is 45.9 Å². The molecule has 22 N–H and O–H groups in total. The highest BCUT2D eigenvalue weighted by Gasteiger charge is 2.43. The highest BCUT2D eigenvalue weighted by atomic mass is 33.1. The molecule has 0 aliphatic carbocycles. The van der Waals surface area contributed by atoms with Crippen molar-refractivity contribution in [2.45, 2.75) is 236 Å². The van der Waals surface area contributed by atoms with Crippen LogP contribution in [-0.4, -0.2) is 268 Å². The molecule has 15 amide bonds. The Labute approximate surface area is 630 Å². The van der Waals surface area contributed by atoms with Crippen LogP contribution in [0.5, 0.6) is 0 Å². The summed E-state index contributed by atoms with van der Waals surface area (Å²) in [6.07, 6.45) is 2.79. The van der Waals surface area contributed by atoms with Crippen LogP contribution in [0.15, 0.2) is 4.99 Å². The third kappa shape index (κ3) is 28.9. The Morgan fingerprint density at radius 3 is 1.85 bits per heavy atom. The topological polar surface area (TPSA) is 587 Å². The first-order valence-electron chi connectivity index (χ1n) is 36.6. The number of nitrogens with one attached hydrogen (secondary N) is 13. The molecular weight excluding hydrogens is 1440 g/mol. The number of fused-ring (bicyclic) bond motifs is 1. The van der Waals surface area contributed by atoms with Crippen LogP contribution >= 0.6 is 21.6 Å². The Bertz CT molecular complexity index is 3130. The molecule has 40 heteroatoms. The molecule has 602 valence electrons. The van der Waals surface area contributed by atoms with Crippen LogP contribution in [0.1, 0.15) is 152 Å². The lowest BCUT2D eigenvalue weighted by Gasteiger charge is -2.33. The Morgan fingerprint density at radius 1 is 0.636 bits per heavy atom. The van der Waals surface area contributed by atoms with Crippen molar-refractivity contribution in [3.05, 3.63) is 0 Å². The number of urea groups is 1. The largest absolute Gasteiger partial charge is 0.481 e. The zero-order valence-electron chi connectivity index (χ0n) is 62.2. The summed E-state index contributed by atoms with van der Waals surface area (Å²) in [4.78, 5) is 229. The average Bonchev–Trinajstić information content (AvgIpc) is 1.75. The standard InChI is InChI=1S/C67H113N19O19S2/c1-9-35(6)50(81-55(94)40-19-13-22-71-40)62(101)80-47-33-107-106-32-46(59(98)78-44(30-88)57(96)74-41(20-14-24-73-66(69)70)56(95)77-45(31-89)58(97)76-43(27-34(4)5)64(103)85-25-15-17-38(85)29-87)79-63(102)51(36(7)10-2)83-67(105)84-53(92)39(68)18-12-23-72-54(93)42(28-49(90)91)75-61(100)48-21-16-26-86(48)65(104)52(37(8)11-3)82-60(47)99/h29,34-48,50-52,71,88-89H,9-28,30-33,68H2,1-8H3,(H,72,93)(H,74,96)(H,75,100)(H,76,97)(H,77,95)(H,78,98)(H,79,102)(H,80,101)(H,81,94)(H,82,99)(H,90,91)(H4,69,70,73)(H2,83,84,92,105)/t35-,36-,37-,38-,39-,40-,41-,42-,43-,44-,45-,46-,47-,48-,50-,51-,52-/m0/s1. The highest BCUT2D eigenvalue weighted by molar-refractivity contribution is 8.76. The predicted molar refractivity (Wildman–Crippen MR) is 394 cm³/mol.